The zero-order valence-electron chi connectivity index (χ0n) is 15.9. The van der Waals surface area contributed by atoms with Crippen molar-refractivity contribution in [1.82, 2.24) is 5.32 Å². The van der Waals surface area contributed by atoms with Crippen LogP contribution in [0.15, 0.2) is 48.5 Å². The molecule has 0 saturated carbocycles. The first-order valence-electron chi connectivity index (χ1n) is 9.11. The SMILES string of the molecule is CC(C)NC(=O)N(C)c1ccc(OCC(=O)N2CCc3ccccc32)cc1. The lowest BCUT2D eigenvalue weighted by Crippen LogP contribution is -2.40. The molecule has 0 aliphatic carbocycles. The van der Waals surface area contributed by atoms with Crippen LogP contribution in [0.25, 0.3) is 0 Å². The molecule has 3 rings (SSSR count). The maximum absolute atomic E-state index is 12.5. The summed E-state index contributed by atoms with van der Waals surface area (Å²) in [5.74, 6) is 0.537. The number of nitrogens with one attached hydrogen (secondary N) is 1. The molecule has 1 aliphatic heterocycles. The highest BCUT2D eigenvalue weighted by Crippen LogP contribution is 2.27. The van der Waals surface area contributed by atoms with Crippen LogP contribution in [0.4, 0.5) is 16.2 Å². The monoisotopic (exact) mass is 367 g/mol. The van der Waals surface area contributed by atoms with E-state index in [2.05, 4.69) is 5.32 Å². The number of fused-ring (bicyclic) bond motifs is 1. The molecule has 0 fully saturated rings. The fraction of sp³-hybridized carbons (Fsp3) is 0.333. The van der Waals surface area contributed by atoms with Crippen molar-refractivity contribution in [2.75, 3.05) is 30.0 Å². The number of para-hydroxylation sites is 1. The highest BCUT2D eigenvalue weighted by Gasteiger charge is 2.24. The number of urea groups is 1. The van der Waals surface area contributed by atoms with E-state index < -0.39 is 0 Å². The number of hydrogen-bond acceptors (Lipinski definition) is 3. The highest BCUT2D eigenvalue weighted by molar-refractivity contribution is 5.96. The Balaban J connectivity index is 1.56. The number of carbonyl (C=O) groups is 2. The van der Waals surface area contributed by atoms with E-state index in [0.29, 0.717) is 12.3 Å². The molecule has 0 spiro atoms. The van der Waals surface area contributed by atoms with Crippen LogP contribution in [0.5, 0.6) is 5.75 Å². The van der Waals surface area contributed by atoms with E-state index in [-0.39, 0.29) is 24.6 Å². The summed E-state index contributed by atoms with van der Waals surface area (Å²) in [7, 11) is 1.71. The molecule has 0 bridgehead atoms. The summed E-state index contributed by atoms with van der Waals surface area (Å²) < 4.78 is 5.64. The molecule has 6 nitrogen and oxygen atoms in total. The summed E-state index contributed by atoms with van der Waals surface area (Å²) in [6.07, 6.45) is 0.876. The van der Waals surface area contributed by atoms with Gasteiger partial charge in [-0.15, -0.1) is 0 Å². The quantitative estimate of drug-likeness (QED) is 0.883. The molecule has 0 saturated heterocycles. The molecule has 0 radical (unpaired) electrons. The zero-order chi connectivity index (χ0) is 19.4. The second-order valence-corrected chi connectivity index (χ2v) is 6.87. The standard InChI is InChI=1S/C21H25N3O3/c1-15(2)22-21(26)23(3)17-8-10-18(11-9-17)27-14-20(25)24-13-12-16-6-4-5-7-19(16)24/h4-11,15H,12-14H2,1-3H3,(H,22,26). The fourth-order valence-electron chi connectivity index (χ4n) is 3.05. The van der Waals surface area contributed by atoms with Crippen molar-refractivity contribution in [3.8, 4) is 5.75 Å². The molecular formula is C21H25N3O3. The summed E-state index contributed by atoms with van der Waals surface area (Å²) >= 11 is 0. The predicted molar refractivity (Wildman–Crippen MR) is 107 cm³/mol. The second kappa shape index (κ2) is 8.12. The van der Waals surface area contributed by atoms with E-state index in [4.69, 9.17) is 4.74 Å². The topological polar surface area (TPSA) is 61.9 Å². The predicted octanol–water partition coefficient (Wildman–Crippen LogP) is 3.21. The number of amides is 3. The van der Waals surface area contributed by atoms with Crippen molar-refractivity contribution in [3.05, 3.63) is 54.1 Å². The summed E-state index contributed by atoms with van der Waals surface area (Å²) in [5, 5.41) is 2.84. The van der Waals surface area contributed by atoms with E-state index in [9.17, 15) is 9.59 Å². The highest BCUT2D eigenvalue weighted by atomic mass is 16.5. The summed E-state index contributed by atoms with van der Waals surface area (Å²) in [6, 6.07) is 15.0. The van der Waals surface area contributed by atoms with Gasteiger partial charge in [0, 0.05) is 31.0 Å². The first kappa shape index (κ1) is 18.8. The molecule has 2 aromatic carbocycles. The third-order valence-corrected chi connectivity index (χ3v) is 4.49. The minimum absolute atomic E-state index is 0.0165. The molecule has 3 amide bonds. The Bertz CT molecular complexity index is 818. The van der Waals surface area contributed by atoms with Gasteiger partial charge < -0.3 is 15.0 Å². The Labute approximate surface area is 159 Å². The molecule has 0 aromatic heterocycles. The van der Waals surface area contributed by atoms with Gasteiger partial charge in [-0.05, 0) is 56.2 Å². The van der Waals surface area contributed by atoms with Gasteiger partial charge in [-0.2, -0.15) is 0 Å². The van der Waals surface area contributed by atoms with E-state index in [1.165, 1.54) is 10.5 Å². The molecular weight excluding hydrogens is 342 g/mol. The number of ether oxygens (including phenoxy) is 1. The number of hydrogen-bond donors (Lipinski definition) is 1. The molecule has 27 heavy (non-hydrogen) atoms. The summed E-state index contributed by atoms with van der Waals surface area (Å²) in [6.45, 7) is 4.50. The molecule has 2 aromatic rings. The van der Waals surface area contributed by atoms with Gasteiger partial charge in [0.15, 0.2) is 6.61 Å². The Hall–Kier alpha value is -3.02. The lowest BCUT2D eigenvalue weighted by atomic mass is 10.2. The van der Waals surface area contributed by atoms with Gasteiger partial charge in [-0.25, -0.2) is 4.79 Å². The van der Waals surface area contributed by atoms with Crippen LogP contribution in [0.1, 0.15) is 19.4 Å². The van der Waals surface area contributed by atoms with Crippen LogP contribution in [0.3, 0.4) is 0 Å². The number of benzene rings is 2. The number of nitrogens with zero attached hydrogens (tertiary/aromatic N) is 2. The minimum Gasteiger partial charge on any atom is -0.484 e. The lowest BCUT2D eigenvalue weighted by molar-refractivity contribution is -0.120. The van der Waals surface area contributed by atoms with Gasteiger partial charge in [0.05, 0.1) is 0 Å². The van der Waals surface area contributed by atoms with Crippen LogP contribution >= 0.6 is 0 Å². The van der Waals surface area contributed by atoms with Crippen LogP contribution < -0.4 is 19.9 Å². The van der Waals surface area contributed by atoms with Crippen LogP contribution in [-0.2, 0) is 11.2 Å². The Morgan fingerprint density at radius 2 is 1.85 bits per heavy atom. The van der Waals surface area contributed by atoms with Crippen molar-refractivity contribution in [2.24, 2.45) is 0 Å². The summed E-state index contributed by atoms with van der Waals surface area (Å²) in [5.41, 5.74) is 2.91. The van der Waals surface area contributed by atoms with Crippen LogP contribution in [0, 0.1) is 0 Å². The van der Waals surface area contributed by atoms with Gasteiger partial charge in [0.1, 0.15) is 5.75 Å². The molecule has 0 unspecified atom stereocenters. The lowest BCUT2D eigenvalue weighted by Gasteiger charge is -2.20. The van der Waals surface area contributed by atoms with Gasteiger partial charge in [0.25, 0.3) is 5.91 Å². The van der Waals surface area contributed by atoms with Gasteiger partial charge in [-0.1, -0.05) is 18.2 Å². The third kappa shape index (κ3) is 4.39. The molecule has 1 aliphatic rings. The molecule has 6 heteroatoms. The van der Waals surface area contributed by atoms with E-state index >= 15 is 0 Å². The normalized spacial score (nSPS) is 12.7. The Morgan fingerprint density at radius 1 is 1.15 bits per heavy atom. The molecule has 1 heterocycles. The number of rotatable bonds is 5. The second-order valence-electron chi connectivity index (χ2n) is 6.87. The largest absolute Gasteiger partial charge is 0.484 e. The van der Waals surface area contributed by atoms with Gasteiger partial charge in [-0.3, -0.25) is 9.69 Å². The maximum Gasteiger partial charge on any atom is 0.321 e. The Kier molecular flexibility index (Phi) is 5.64. The third-order valence-electron chi connectivity index (χ3n) is 4.49. The fourth-order valence-corrected chi connectivity index (χ4v) is 3.05. The zero-order valence-corrected chi connectivity index (χ0v) is 15.9. The molecule has 1 N–H and O–H groups in total. The van der Waals surface area contributed by atoms with Crippen molar-refractivity contribution in [2.45, 2.75) is 26.3 Å². The van der Waals surface area contributed by atoms with Crippen molar-refractivity contribution >= 4 is 23.3 Å². The van der Waals surface area contributed by atoms with E-state index in [1.54, 1.807) is 36.2 Å². The Morgan fingerprint density at radius 3 is 2.56 bits per heavy atom. The van der Waals surface area contributed by atoms with Gasteiger partial charge >= 0.3 is 6.03 Å². The van der Waals surface area contributed by atoms with E-state index in [0.717, 1.165) is 17.8 Å². The van der Waals surface area contributed by atoms with Crippen molar-refractivity contribution < 1.29 is 14.3 Å². The average molecular weight is 367 g/mol. The first-order chi connectivity index (χ1) is 13.0. The number of anilines is 2. The van der Waals surface area contributed by atoms with Gasteiger partial charge in [0.2, 0.25) is 0 Å². The molecule has 142 valence electrons. The summed E-state index contributed by atoms with van der Waals surface area (Å²) in [4.78, 5) is 27.8. The maximum atomic E-state index is 12.5. The molecule has 0 atom stereocenters. The minimum atomic E-state index is -0.165. The van der Waals surface area contributed by atoms with E-state index in [1.807, 2.05) is 38.1 Å². The first-order valence-corrected chi connectivity index (χ1v) is 9.11. The smallest absolute Gasteiger partial charge is 0.321 e. The van der Waals surface area contributed by atoms with Crippen molar-refractivity contribution in [3.63, 3.8) is 0 Å². The van der Waals surface area contributed by atoms with Crippen LogP contribution in [0.2, 0.25) is 0 Å². The number of carbonyl (C=O) groups excluding carboxylic acids is 2. The van der Waals surface area contributed by atoms with Crippen LogP contribution in [-0.4, -0.2) is 38.2 Å². The van der Waals surface area contributed by atoms with Crippen molar-refractivity contribution in [1.29, 1.82) is 0 Å². The average Bonchev–Trinajstić information content (AvgIpc) is 3.09.